The lowest BCUT2D eigenvalue weighted by molar-refractivity contribution is -0.147. The zero-order chi connectivity index (χ0) is 25.6. The second-order valence-corrected chi connectivity index (χ2v) is 9.70. The Bertz CT molecular complexity index is 1330. The Morgan fingerprint density at radius 3 is 2.24 bits per heavy atom. The molecule has 1 fully saturated rings. The number of thiophene rings is 1. The smallest absolute Gasteiger partial charge is 0.327 e. The Morgan fingerprint density at radius 1 is 0.865 bits per heavy atom. The van der Waals surface area contributed by atoms with Crippen molar-refractivity contribution in [1.29, 1.82) is 0 Å². The van der Waals surface area contributed by atoms with E-state index in [0.717, 1.165) is 54.2 Å². The number of hydrogen-bond donors (Lipinski definition) is 1. The number of ether oxygens (including phenoxy) is 1. The molecule has 1 aromatic heterocycles. The molecule has 5 rings (SSSR count). The van der Waals surface area contributed by atoms with E-state index in [0.29, 0.717) is 5.56 Å². The Kier molecular flexibility index (Phi) is 7.63. The van der Waals surface area contributed by atoms with E-state index in [4.69, 9.17) is 4.74 Å². The van der Waals surface area contributed by atoms with Gasteiger partial charge in [0.2, 0.25) is 0 Å². The molecule has 0 radical (unpaired) electrons. The summed E-state index contributed by atoms with van der Waals surface area (Å²) in [5.41, 5.74) is 5.42. The molecule has 188 valence electrons. The van der Waals surface area contributed by atoms with Gasteiger partial charge in [-0.2, -0.15) is 11.3 Å². The number of amides is 1. The van der Waals surface area contributed by atoms with Gasteiger partial charge < -0.3 is 15.0 Å². The van der Waals surface area contributed by atoms with Gasteiger partial charge in [-0.25, -0.2) is 4.79 Å². The summed E-state index contributed by atoms with van der Waals surface area (Å²) in [5, 5.41) is 7.10. The average Bonchev–Trinajstić information content (AvgIpc) is 3.50. The van der Waals surface area contributed by atoms with Gasteiger partial charge in [-0.15, -0.1) is 0 Å². The fourth-order valence-electron chi connectivity index (χ4n) is 4.79. The van der Waals surface area contributed by atoms with E-state index in [-0.39, 0.29) is 11.9 Å². The second kappa shape index (κ2) is 11.4. The monoisotopic (exact) mass is 511 g/mol. The highest BCUT2D eigenvalue weighted by Crippen LogP contribution is 2.28. The van der Waals surface area contributed by atoms with Crippen LogP contribution >= 0.6 is 11.3 Å². The van der Waals surface area contributed by atoms with Crippen LogP contribution in [0.2, 0.25) is 0 Å². The molecule has 37 heavy (non-hydrogen) atoms. The first-order chi connectivity index (χ1) is 18.1. The van der Waals surface area contributed by atoms with Crippen LogP contribution in [0.3, 0.4) is 0 Å². The third-order valence-electron chi connectivity index (χ3n) is 6.71. The van der Waals surface area contributed by atoms with Crippen LogP contribution in [-0.4, -0.2) is 50.1 Å². The summed E-state index contributed by atoms with van der Waals surface area (Å²) in [6.07, 6.45) is 0. The highest BCUT2D eigenvalue weighted by molar-refractivity contribution is 7.08. The van der Waals surface area contributed by atoms with Gasteiger partial charge in [0.1, 0.15) is 6.04 Å². The minimum Gasteiger partial charge on any atom is -0.468 e. The lowest BCUT2D eigenvalue weighted by atomic mass is 10.0. The van der Waals surface area contributed by atoms with Crippen LogP contribution in [-0.2, 0) is 9.53 Å². The minimum atomic E-state index is -0.400. The molecular formula is C30H29N3O3S. The first-order valence-corrected chi connectivity index (χ1v) is 13.2. The quantitative estimate of drug-likeness (QED) is 0.322. The Labute approximate surface area is 221 Å². The van der Waals surface area contributed by atoms with Gasteiger partial charge in [0, 0.05) is 43.1 Å². The summed E-state index contributed by atoms with van der Waals surface area (Å²) in [6, 6.07) is 27.0. The molecule has 1 saturated heterocycles. The summed E-state index contributed by atoms with van der Waals surface area (Å²) in [5.74, 6) is -0.363. The van der Waals surface area contributed by atoms with Crippen LogP contribution in [0, 0.1) is 0 Å². The summed E-state index contributed by atoms with van der Waals surface area (Å²) in [6.45, 7) is 3.07. The van der Waals surface area contributed by atoms with Crippen molar-refractivity contribution in [3.8, 4) is 11.1 Å². The van der Waals surface area contributed by atoms with E-state index < -0.39 is 6.04 Å². The maximum Gasteiger partial charge on any atom is 0.327 e. The second-order valence-electron chi connectivity index (χ2n) is 8.92. The number of rotatable bonds is 7. The fraction of sp³-hybridized carbons (Fsp3) is 0.200. The topological polar surface area (TPSA) is 61.9 Å². The first-order valence-electron chi connectivity index (χ1n) is 12.3. The number of anilines is 2. The SMILES string of the molecule is COC(=O)C(c1ccccc1)N1CCN(c2ccc(NC(=O)c3ccccc3-c3ccsc3)cc2)CC1. The van der Waals surface area contributed by atoms with Crippen LogP contribution < -0.4 is 10.2 Å². The van der Waals surface area contributed by atoms with Crippen LogP contribution in [0.1, 0.15) is 22.0 Å². The van der Waals surface area contributed by atoms with Gasteiger partial charge in [0.15, 0.2) is 0 Å². The van der Waals surface area contributed by atoms with Crippen molar-refractivity contribution in [3.05, 3.63) is 107 Å². The molecule has 1 amide bonds. The van der Waals surface area contributed by atoms with Gasteiger partial charge in [-0.1, -0.05) is 48.5 Å². The number of hydrogen-bond acceptors (Lipinski definition) is 6. The van der Waals surface area contributed by atoms with E-state index in [1.54, 1.807) is 11.3 Å². The molecule has 1 N–H and O–H groups in total. The predicted molar refractivity (Wildman–Crippen MR) is 149 cm³/mol. The summed E-state index contributed by atoms with van der Waals surface area (Å²) < 4.78 is 5.11. The van der Waals surface area contributed by atoms with Crippen LogP contribution in [0.25, 0.3) is 11.1 Å². The largest absolute Gasteiger partial charge is 0.468 e. The number of piperazine rings is 1. The van der Waals surface area contributed by atoms with Gasteiger partial charge in [0.05, 0.1) is 7.11 Å². The van der Waals surface area contributed by atoms with Crippen molar-refractivity contribution < 1.29 is 14.3 Å². The molecule has 3 aromatic carbocycles. The van der Waals surface area contributed by atoms with E-state index in [1.807, 2.05) is 95.7 Å². The van der Waals surface area contributed by atoms with Crippen molar-refractivity contribution in [2.75, 3.05) is 43.5 Å². The molecule has 1 unspecified atom stereocenters. The fourth-order valence-corrected chi connectivity index (χ4v) is 5.44. The van der Waals surface area contributed by atoms with Crippen molar-refractivity contribution in [1.82, 2.24) is 4.90 Å². The molecule has 0 bridgehead atoms. The lowest BCUT2D eigenvalue weighted by Crippen LogP contribution is -2.49. The number of carbonyl (C=O) groups is 2. The predicted octanol–water partition coefficient (Wildman–Crippen LogP) is 5.70. The Hall–Kier alpha value is -3.94. The summed E-state index contributed by atoms with van der Waals surface area (Å²) in [7, 11) is 1.44. The number of methoxy groups -OCH3 is 1. The van der Waals surface area contributed by atoms with Crippen LogP contribution in [0.4, 0.5) is 11.4 Å². The first kappa shape index (κ1) is 24.7. The Morgan fingerprint density at radius 2 is 1.57 bits per heavy atom. The molecule has 1 aliphatic rings. The van der Waals surface area contributed by atoms with E-state index in [2.05, 4.69) is 15.1 Å². The number of carbonyl (C=O) groups excluding carboxylic acids is 2. The zero-order valence-electron chi connectivity index (χ0n) is 20.7. The van der Waals surface area contributed by atoms with Gasteiger partial charge in [-0.3, -0.25) is 9.69 Å². The number of benzene rings is 3. The normalized spacial score (nSPS) is 14.7. The minimum absolute atomic E-state index is 0.127. The van der Waals surface area contributed by atoms with E-state index in [9.17, 15) is 9.59 Å². The molecule has 0 aliphatic carbocycles. The highest BCUT2D eigenvalue weighted by Gasteiger charge is 2.31. The number of nitrogens with zero attached hydrogens (tertiary/aromatic N) is 2. The van der Waals surface area contributed by atoms with Crippen molar-refractivity contribution in [2.24, 2.45) is 0 Å². The maximum absolute atomic E-state index is 13.1. The summed E-state index contributed by atoms with van der Waals surface area (Å²) in [4.78, 5) is 30.1. The third-order valence-corrected chi connectivity index (χ3v) is 7.40. The van der Waals surface area contributed by atoms with Crippen molar-refractivity contribution >= 4 is 34.6 Å². The zero-order valence-corrected chi connectivity index (χ0v) is 21.5. The molecule has 7 heteroatoms. The van der Waals surface area contributed by atoms with Crippen LogP contribution in [0.5, 0.6) is 0 Å². The van der Waals surface area contributed by atoms with Crippen LogP contribution in [0.15, 0.2) is 95.7 Å². The molecule has 2 heterocycles. The molecular weight excluding hydrogens is 482 g/mol. The van der Waals surface area contributed by atoms with Crippen molar-refractivity contribution in [3.63, 3.8) is 0 Å². The van der Waals surface area contributed by atoms with E-state index >= 15 is 0 Å². The number of esters is 1. The maximum atomic E-state index is 13.1. The molecule has 0 spiro atoms. The Balaban J connectivity index is 1.22. The van der Waals surface area contributed by atoms with Gasteiger partial charge in [-0.05, 0) is 63.8 Å². The summed E-state index contributed by atoms with van der Waals surface area (Å²) >= 11 is 1.61. The van der Waals surface area contributed by atoms with E-state index in [1.165, 1.54) is 7.11 Å². The lowest BCUT2D eigenvalue weighted by Gasteiger charge is -2.39. The molecule has 6 nitrogen and oxygen atoms in total. The molecule has 1 aliphatic heterocycles. The number of nitrogens with one attached hydrogen (secondary N) is 1. The average molecular weight is 512 g/mol. The highest BCUT2D eigenvalue weighted by atomic mass is 32.1. The van der Waals surface area contributed by atoms with Crippen molar-refractivity contribution in [2.45, 2.75) is 6.04 Å². The standard InChI is InChI=1S/C30H29N3O3S/c1-36-30(35)28(22-7-3-2-4-8-22)33-18-16-32(17-19-33)25-13-11-24(12-14-25)31-29(34)27-10-6-5-9-26(27)23-15-20-37-21-23/h2-15,20-21,28H,16-19H2,1H3,(H,31,34). The van der Waals surface area contributed by atoms with Gasteiger partial charge in [0.25, 0.3) is 5.91 Å². The van der Waals surface area contributed by atoms with Gasteiger partial charge >= 0.3 is 5.97 Å². The molecule has 1 atom stereocenters. The molecule has 0 saturated carbocycles. The third kappa shape index (κ3) is 5.58. The molecule has 4 aromatic rings.